The van der Waals surface area contributed by atoms with Crippen molar-refractivity contribution in [2.24, 2.45) is 0 Å². The highest BCUT2D eigenvalue weighted by Crippen LogP contribution is 2.32. The maximum Gasteiger partial charge on any atom is 0.273 e. The molecule has 0 saturated carbocycles. The number of aromatic amines is 1. The largest absolute Gasteiger partial charge is 0.337 e. The Kier molecular flexibility index (Phi) is 4.57. The molecule has 6 nitrogen and oxygen atoms in total. The second-order valence-electron chi connectivity index (χ2n) is 6.30. The van der Waals surface area contributed by atoms with Gasteiger partial charge in [0.25, 0.3) is 5.91 Å². The number of nitrogens with one attached hydrogen (secondary N) is 1. The van der Waals surface area contributed by atoms with Crippen LogP contribution in [0.5, 0.6) is 0 Å². The molecule has 0 bridgehead atoms. The van der Waals surface area contributed by atoms with E-state index in [1.807, 2.05) is 0 Å². The number of hydrogen-bond donors (Lipinski definition) is 1. The zero-order valence-corrected chi connectivity index (χ0v) is 14.7. The lowest BCUT2D eigenvalue weighted by atomic mass is 9.98. The predicted molar refractivity (Wildman–Crippen MR) is 94.2 cm³/mol. The molecule has 3 heterocycles. The monoisotopic (exact) mass is 389 g/mol. The van der Waals surface area contributed by atoms with Gasteiger partial charge in [-0.2, -0.15) is 15.3 Å². The van der Waals surface area contributed by atoms with Gasteiger partial charge in [-0.25, -0.2) is 8.78 Å². The minimum atomic E-state index is -0.885. The van der Waals surface area contributed by atoms with Crippen molar-refractivity contribution in [1.29, 1.82) is 0 Å². The summed E-state index contributed by atoms with van der Waals surface area (Å²) in [5.41, 5.74) is 1.93. The van der Waals surface area contributed by atoms with Crippen LogP contribution < -0.4 is 0 Å². The van der Waals surface area contributed by atoms with Crippen LogP contribution in [0.25, 0.3) is 11.3 Å². The molecule has 1 amide bonds. The molecule has 1 fully saturated rings. The molecule has 0 aliphatic carbocycles. The number of halogens is 3. The smallest absolute Gasteiger partial charge is 0.273 e. The molecule has 1 aromatic carbocycles. The van der Waals surface area contributed by atoms with Gasteiger partial charge in [0.05, 0.1) is 17.4 Å². The zero-order valence-electron chi connectivity index (χ0n) is 14.0. The lowest BCUT2D eigenvalue weighted by Gasteiger charge is -2.16. The van der Waals surface area contributed by atoms with Gasteiger partial charge in [0.2, 0.25) is 0 Å². The van der Waals surface area contributed by atoms with Crippen molar-refractivity contribution in [3.63, 3.8) is 0 Å². The normalized spacial score (nSPS) is 16.7. The van der Waals surface area contributed by atoms with E-state index >= 15 is 0 Å². The van der Waals surface area contributed by atoms with Crippen LogP contribution in [0.2, 0.25) is 5.02 Å². The minimum absolute atomic E-state index is 0.0605. The molecule has 1 aliphatic rings. The highest BCUT2D eigenvalue weighted by Gasteiger charge is 2.31. The second-order valence-corrected chi connectivity index (χ2v) is 6.68. The summed E-state index contributed by atoms with van der Waals surface area (Å²) in [7, 11) is 0. The molecule has 0 unspecified atom stereocenters. The maximum atomic E-state index is 13.5. The first kappa shape index (κ1) is 17.5. The molecule has 27 heavy (non-hydrogen) atoms. The molecule has 4 rings (SSSR count). The Morgan fingerprint density at radius 2 is 2.07 bits per heavy atom. The van der Waals surface area contributed by atoms with Crippen LogP contribution in [-0.2, 0) is 0 Å². The Hall–Kier alpha value is -2.87. The minimum Gasteiger partial charge on any atom is -0.337 e. The SMILES string of the molecule is O=C(c1[nH]nc(-c2ccnnc2)c1Cl)N1CC[C@@H](c2ccc(F)c(F)c2)C1. The van der Waals surface area contributed by atoms with Gasteiger partial charge >= 0.3 is 0 Å². The van der Waals surface area contributed by atoms with E-state index in [0.717, 1.165) is 6.07 Å². The van der Waals surface area contributed by atoms with E-state index in [2.05, 4.69) is 20.4 Å². The Bertz CT molecular complexity index is 995. The van der Waals surface area contributed by atoms with Crippen LogP contribution in [0.15, 0.2) is 36.7 Å². The van der Waals surface area contributed by atoms with Crippen LogP contribution in [0.4, 0.5) is 8.78 Å². The summed E-state index contributed by atoms with van der Waals surface area (Å²) >= 11 is 6.34. The molecule has 3 aromatic rings. The van der Waals surface area contributed by atoms with Gasteiger partial charge in [0, 0.05) is 24.6 Å². The van der Waals surface area contributed by atoms with E-state index in [1.54, 1.807) is 17.0 Å². The van der Waals surface area contributed by atoms with Gasteiger partial charge in [-0.15, -0.1) is 0 Å². The van der Waals surface area contributed by atoms with E-state index in [1.165, 1.54) is 18.5 Å². The van der Waals surface area contributed by atoms with Crippen LogP contribution in [0.1, 0.15) is 28.4 Å². The van der Waals surface area contributed by atoms with Gasteiger partial charge in [-0.1, -0.05) is 17.7 Å². The highest BCUT2D eigenvalue weighted by atomic mass is 35.5. The molecule has 1 atom stereocenters. The molecule has 1 N–H and O–H groups in total. The molecule has 2 aromatic heterocycles. The molecular formula is C18H14ClF2N5O. The molecule has 0 spiro atoms. The standard InChI is InChI=1S/C18H14ClF2N5O/c19-15-16(11-3-5-22-23-8-11)24-25-17(15)18(27)26-6-4-12(9-26)10-1-2-13(20)14(21)7-10/h1-3,5,7-8,12H,4,6,9H2,(H,24,25)/t12-/m1/s1. The fraction of sp³-hybridized carbons (Fsp3) is 0.222. The number of carbonyl (C=O) groups is 1. The lowest BCUT2D eigenvalue weighted by molar-refractivity contribution is 0.0785. The third-order valence-corrected chi connectivity index (χ3v) is 5.04. The summed E-state index contributed by atoms with van der Waals surface area (Å²) in [6.07, 6.45) is 3.67. The average Bonchev–Trinajstić information content (AvgIpc) is 3.31. The van der Waals surface area contributed by atoms with Gasteiger partial charge in [-0.3, -0.25) is 9.89 Å². The summed E-state index contributed by atoms with van der Waals surface area (Å²) in [5, 5.41) is 14.5. The van der Waals surface area contributed by atoms with Crippen molar-refractivity contribution < 1.29 is 13.6 Å². The predicted octanol–water partition coefficient (Wildman–Crippen LogP) is 3.43. The summed E-state index contributed by atoms with van der Waals surface area (Å²) in [6.45, 7) is 0.884. The van der Waals surface area contributed by atoms with E-state index < -0.39 is 11.6 Å². The van der Waals surface area contributed by atoms with Crippen molar-refractivity contribution in [2.75, 3.05) is 13.1 Å². The number of amides is 1. The Balaban J connectivity index is 1.53. The average molecular weight is 390 g/mol. The summed E-state index contributed by atoms with van der Waals surface area (Å²) in [5.74, 6) is -2.11. The first-order valence-electron chi connectivity index (χ1n) is 8.29. The van der Waals surface area contributed by atoms with Crippen molar-refractivity contribution in [3.8, 4) is 11.3 Å². The number of carbonyl (C=O) groups excluding carboxylic acids is 1. The number of rotatable bonds is 3. The van der Waals surface area contributed by atoms with E-state index in [-0.39, 0.29) is 22.5 Å². The third kappa shape index (κ3) is 3.28. The number of H-pyrrole nitrogens is 1. The van der Waals surface area contributed by atoms with Gasteiger partial charge in [-0.05, 0) is 30.2 Å². The third-order valence-electron chi connectivity index (χ3n) is 4.67. The Morgan fingerprint density at radius 1 is 1.22 bits per heavy atom. The van der Waals surface area contributed by atoms with Crippen LogP contribution in [0.3, 0.4) is 0 Å². The van der Waals surface area contributed by atoms with Gasteiger partial charge in [0.1, 0.15) is 11.4 Å². The van der Waals surface area contributed by atoms with E-state index in [0.29, 0.717) is 36.3 Å². The number of nitrogens with zero attached hydrogens (tertiary/aromatic N) is 4. The summed E-state index contributed by atoms with van der Waals surface area (Å²) in [4.78, 5) is 14.4. The molecule has 9 heteroatoms. The Morgan fingerprint density at radius 3 is 2.81 bits per heavy atom. The number of benzene rings is 1. The first-order valence-corrected chi connectivity index (χ1v) is 8.67. The van der Waals surface area contributed by atoms with Crippen molar-refractivity contribution in [3.05, 3.63) is 64.6 Å². The molecular weight excluding hydrogens is 376 g/mol. The van der Waals surface area contributed by atoms with Crippen LogP contribution in [-0.4, -0.2) is 44.3 Å². The fourth-order valence-electron chi connectivity index (χ4n) is 3.23. The quantitative estimate of drug-likeness (QED) is 0.744. The van der Waals surface area contributed by atoms with Gasteiger partial charge < -0.3 is 4.90 Å². The zero-order chi connectivity index (χ0) is 19.0. The van der Waals surface area contributed by atoms with Crippen molar-refractivity contribution >= 4 is 17.5 Å². The van der Waals surface area contributed by atoms with Crippen LogP contribution >= 0.6 is 11.6 Å². The number of hydrogen-bond acceptors (Lipinski definition) is 4. The molecule has 0 radical (unpaired) electrons. The molecule has 1 saturated heterocycles. The first-order chi connectivity index (χ1) is 13.0. The lowest BCUT2D eigenvalue weighted by Crippen LogP contribution is -2.29. The Labute approximate surface area is 158 Å². The van der Waals surface area contributed by atoms with Crippen LogP contribution in [0, 0.1) is 11.6 Å². The van der Waals surface area contributed by atoms with Crippen molar-refractivity contribution in [2.45, 2.75) is 12.3 Å². The maximum absolute atomic E-state index is 13.5. The molecule has 138 valence electrons. The second kappa shape index (κ2) is 7.03. The van der Waals surface area contributed by atoms with Crippen molar-refractivity contribution in [1.82, 2.24) is 25.3 Å². The topological polar surface area (TPSA) is 74.8 Å². The summed E-state index contributed by atoms with van der Waals surface area (Å²) in [6, 6.07) is 5.54. The molecule has 1 aliphatic heterocycles. The number of aromatic nitrogens is 4. The van der Waals surface area contributed by atoms with E-state index in [9.17, 15) is 13.6 Å². The van der Waals surface area contributed by atoms with E-state index in [4.69, 9.17) is 11.6 Å². The number of likely N-dealkylation sites (tertiary alicyclic amines) is 1. The summed E-state index contributed by atoms with van der Waals surface area (Å²) < 4.78 is 26.6. The van der Waals surface area contributed by atoms with Gasteiger partial charge in [0.15, 0.2) is 11.6 Å². The fourth-order valence-corrected chi connectivity index (χ4v) is 3.51. The highest BCUT2D eigenvalue weighted by molar-refractivity contribution is 6.36.